The maximum absolute atomic E-state index is 12.7. The van der Waals surface area contributed by atoms with E-state index in [9.17, 15) is 9.59 Å². The number of hydrogen-bond acceptors (Lipinski definition) is 4. The van der Waals surface area contributed by atoms with E-state index in [0.29, 0.717) is 17.4 Å². The van der Waals surface area contributed by atoms with Gasteiger partial charge in [0.25, 0.3) is 5.56 Å². The SMILES string of the molecule is O=C(Cn1cnc2ccccc2c1=O)NC(Cn1cccn1)c1ccccc1. The van der Waals surface area contributed by atoms with E-state index in [0.717, 1.165) is 5.56 Å². The molecule has 140 valence electrons. The minimum Gasteiger partial charge on any atom is -0.346 e. The highest BCUT2D eigenvalue weighted by Gasteiger charge is 2.16. The van der Waals surface area contributed by atoms with Crippen LogP contribution in [0.1, 0.15) is 11.6 Å². The first-order valence-electron chi connectivity index (χ1n) is 8.96. The van der Waals surface area contributed by atoms with Gasteiger partial charge in [0.2, 0.25) is 5.91 Å². The van der Waals surface area contributed by atoms with Crippen LogP contribution in [0.25, 0.3) is 10.9 Å². The summed E-state index contributed by atoms with van der Waals surface area (Å²) in [6, 6.07) is 18.4. The van der Waals surface area contributed by atoms with E-state index in [1.165, 1.54) is 10.9 Å². The average Bonchev–Trinajstić information content (AvgIpc) is 3.24. The molecule has 1 atom stereocenters. The Kier molecular flexibility index (Phi) is 4.97. The Labute approximate surface area is 161 Å². The van der Waals surface area contributed by atoms with Gasteiger partial charge in [-0.1, -0.05) is 42.5 Å². The largest absolute Gasteiger partial charge is 0.346 e. The lowest BCUT2D eigenvalue weighted by Gasteiger charge is -2.20. The first kappa shape index (κ1) is 17.7. The quantitative estimate of drug-likeness (QED) is 0.561. The van der Waals surface area contributed by atoms with Crippen molar-refractivity contribution in [2.45, 2.75) is 19.1 Å². The van der Waals surface area contributed by atoms with E-state index < -0.39 is 0 Å². The van der Waals surface area contributed by atoms with Crippen molar-refractivity contribution < 1.29 is 4.79 Å². The molecule has 0 radical (unpaired) electrons. The lowest BCUT2D eigenvalue weighted by atomic mass is 10.1. The van der Waals surface area contributed by atoms with Gasteiger partial charge in [0.1, 0.15) is 6.54 Å². The zero-order valence-electron chi connectivity index (χ0n) is 15.1. The molecule has 7 heteroatoms. The van der Waals surface area contributed by atoms with Crippen LogP contribution in [0.4, 0.5) is 0 Å². The zero-order valence-corrected chi connectivity index (χ0v) is 15.1. The molecule has 1 unspecified atom stereocenters. The van der Waals surface area contributed by atoms with Gasteiger partial charge < -0.3 is 5.32 Å². The van der Waals surface area contributed by atoms with E-state index in [4.69, 9.17) is 0 Å². The lowest BCUT2D eigenvalue weighted by Crippen LogP contribution is -2.36. The van der Waals surface area contributed by atoms with Crippen LogP contribution in [-0.4, -0.2) is 25.2 Å². The van der Waals surface area contributed by atoms with E-state index in [2.05, 4.69) is 15.4 Å². The first-order chi connectivity index (χ1) is 13.7. The second kappa shape index (κ2) is 7.87. The van der Waals surface area contributed by atoms with Crippen LogP contribution in [0.2, 0.25) is 0 Å². The van der Waals surface area contributed by atoms with Crippen LogP contribution >= 0.6 is 0 Å². The highest BCUT2D eigenvalue weighted by atomic mass is 16.2. The molecule has 0 saturated carbocycles. The van der Waals surface area contributed by atoms with E-state index in [1.54, 1.807) is 29.1 Å². The van der Waals surface area contributed by atoms with Gasteiger partial charge >= 0.3 is 0 Å². The van der Waals surface area contributed by atoms with Gasteiger partial charge in [0.15, 0.2) is 0 Å². The van der Waals surface area contributed by atoms with Crippen LogP contribution < -0.4 is 10.9 Å². The Morgan fingerprint density at radius 3 is 2.61 bits per heavy atom. The summed E-state index contributed by atoms with van der Waals surface area (Å²) in [6.45, 7) is 0.396. The minimum atomic E-state index is -0.266. The standard InChI is InChI=1S/C21H19N5O2/c27-20(14-25-15-22-18-10-5-4-9-17(18)21(25)28)24-19(13-26-12-6-11-23-26)16-7-2-1-3-8-16/h1-12,15,19H,13-14H2,(H,24,27). The van der Waals surface area contributed by atoms with Crippen molar-refractivity contribution in [1.82, 2.24) is 24.6 Å². The molecule has 28 heavy (non-hydrogen) atoms. The van der Waals surface area contributed by atoms with Gasteiger partial charge in [0.05, 0.1) is 29.8 Å². The van der Waals surface area contributed by atoms with Crippen molar-refractivity contribution in [3.63, 3.8) is 0 Å². The molecule has 2 heterocycles. The average molecular weight is 373 g/mol. The third kappa shape index (κ3) is 3.83. The number of carbonyl (C=O) groups excluding carboxylic acids is 1. The van der Waals surface area contributed by atoms with Crippen LogP contribution in [0.15, 0.2) is 84.2 Å². The summed E-state index contributed by atoms with van der Waals surface area (Å²) in [5.74, 6) is -0.264. The van der Waals surface area contributed by atoms with Crippen molar-refractivity contribution in [2.24, 2.45) is 0 Å². The van der Waals surface area contributed by atoms with Gasteiger partial charge in [0, 0.05) is 12.4 Å². The number of carbonyl (C=O) groups is 1. The summed E-state index contributed by atoms with van der Waals surface area (Å²) < 4.78 is 3.09. The van der Waals surface area contributed by atoms with Crippen LogP contribution in [0.5, 0.6) is 0 Å². The van der Waals surface area contributed by atoms with Crippen LogP contribution in [0, 0.1) is 0 Å². The van der Waals surface area contributed by atoms with Gasteiger partial charge in [-0.25, -0.2) is 4.98 Å². The van der Waals surface area contributed by atoms with Crippen LogP contribution in [-0.2, 0) is 17.9 Å². The molecule has 1 N–H and O–H groups in total. The summed E-state index contributed by atoms with van der Waals surface area (Å²) in [5.41, 5.74) is 1.35. The molecule has 0 aliphatic rings. The lowest BCUT2D eigenvalue weighted by molar-refractivity contribution is -0.122. The second-order valence-electron chi connectivity index (χ2n) is 6.45. The molecule has 0 fully saturated rings. The highest BCUT2D eigenvalue weighted by Crippen LogP contribution is 2.15. The number of nitrogens with zero attached hydrogens (tertiary/aromatic N) is 4. The maximum Gasteiger partial charge on any atom is 0.261 e. The Morgan fingerprint density at radius 2 is 1.82 bits per heavy atom. The number of para-hydroxylation sites is 1. The molecular weight excluding hydrogens is 354 g/mol. The molecular formula is C21H19N5O2. The van der Waals surface area contributed by atoms with Crippen molar-refractivity contribution in [3.05, 3.63) is 95.3 Å². The molecule has 4 aromatic rings. The fourth-order valence-electron chi connectivity index (χ4n) is 3.13. The topological polar surface area (TPSA) is 81.8 Å². The molecule has 2 aromatic carbocycles. The molecule has 2 aromatic heterocycles. The normalized spacial score (nSPS) is 12.0. The van der Waals surface area contributed by atoms with Gasteiger partial charge in [-0.3, -0.25) is 18.8 Å². The number of rotatable bonds is 6. The molecule has 4 rings (SSSR count). The number of nitrogens with one attached hydrogen (secondary N) is 1. The second-order valence-corrected chi connectivity index (χ2v) is 6.45. The number of amides is 1. The Balaban J connectivity index is 1.55. The summed E-state index contributed by atoms with van der Waals surface area (Å²) in [6.07, 6.45) is 4.96. The highest BCUT2D eigenvalue weighted by molar-refractivity contribution is 5.79. The molecule has 1 amide bonds. The molecule has 0 spiro atoms. The summed E-state index contributed by atoms with van der Waals surface area (Å²) in [4.78, 5) is 29.6. The number of benzene rings is 2. The van der Waals surface area contributed by atoms with Gasteiger partial charge in [-0.2, -0.15) is 5.10 Å². The predicted octanol–water partition coefficient (Wildman–Crippen LogP) is 2.15. The summed E-state index contributed by atoms with van der Waals surface area (Å²) in [5, 5.41) is 7.72. The summed E-state index contributed by atoms with van der Waals surface area (Å²) in [7, 11) is 0. The maximum atomic E-state index is 12.7. The smallest absolute Gasteiger partial charge is 0.261 e. The van der Waals surface area contributed by atoms with Crippen molar-refractivity contribution in [2.75, 3.05) is 0 Å². The Hall–Kier alpha value is -3.74. The predicted molar refractivity (Wildman–Crippen MR) is 106 cm³/mol. The van der Waals surface area contributed by atoms with Gasteiger partial charge in [-0.15, -0.1) is 0 Å². The third-order valence-corrected chi connectivity index (χ3v) is 4.51. The molecule has 7 nitrogen and oxygen atoms in total. The zero-order chi connectivity index (χ0) is 19.3. The monoisotopic (exact) mass is 373 g/mol. The van der Waals surface area contributed by atoms with E-state index >= 15 is 0 Å². The van der Waals surface area contributed by atoms with E-state index in [-0.39, 0.29) is 24.1 Å². The van der Waals surface area contributed by atoms with Crippen molar-refractivity contribution in [1.29, 1.82) is 0 Å². The van der Waals surface area contributed by atoms with Crippen molar-refractivity contribution >= 4 is 16.8 Å². The molecule has 0 aliphatic carbocycles. The Bertz CT molecular complexity index is 1140. The minimum absolute atomic E-state index is 0.0981. The fourth-order valence-corrected chi connectivity index (χ4v) is 3.13. The Morgan fingerprint density at radius 1 is 1.04 bits per heavy atom. The molecule has 0 saturated heterocycles. The molecule has 0 bridgehead atoms. The van der Waals surface area contributed by atoms with Gasteiger partial charge in [-0.05, 0) is 23.8 Å². The van der Waals surface area contributed by atoms with E-state index in [1.807, 2.05) is 48.7 Å². The first-order valence-corrected chi connectivity index (χ1v) is 8.96. The van der Waals surface area contributed by atoms with Crippen LogP contribution in [0.3, 0.4) is 0 Å². The number of aromatic nitrogens is 4. The third-order valence-electron chi connectivity index (χ3n) is 4.51. The summed E-state index contributed by atoms with van der Waals surface area (Å²) >= 11 is 0. The molecule has 0 aliphatic heterocycles. The number of fused-ring (bicyclic) bond motifs is 1. The fraction of sp³-hybridized carbons (Fsp3) is 0.143. The number of hydrogen-bond donors (Lipinski definition) is 1. The van der Waals surface area contributed by atoms with Crippen molar-refractivity contribution in [3.8, 4) is 0 Å².